The van der Waals surface area contributed by atoms with E-state index in [1.54, 1.807) is 0 Å². The van der Waals surface area contributed by atoms with Crippen molar-refractivity contribution in [1.82, 2.24) is 10.6 Å². The Hall–Kier alpha value is -2.08. The van der Waals surface area contributed by atoms with Crippen molar-refractivity contribution in [2.75, 3.05) is 11.9 Å². The molecule has 0 saturated carbocycles. The highest BCUT2D eigenvalue weighted by molar-refractivity contribution is 5.99. The number of carbonyl (C=O) groups is 2. The summed E-state index contributed by atoms with van der Waals surface area (Å²) in [6.45, 7) is 4.67. The van der Waals surface area contributed by atoms with Crippen LogP contribution in [0.25, 0.3) is 0 Å². The van der Waals surface area contributed by atoms with Gasteiger partial charge in [0, 0.05) is 12.3 Å². The molecule has 3 N–H and O–H groups in total. The number of hydrogen-bond acceptors (Lipinski definition) is 3. The lowest BCUT2D eigenvalue weighted by Crippen LogP contribution is -2.46. The number of amides is 3. The molecule has 2 heterocycles. The van der Waals surface area contributed by atoms with Crippen LogP contribution in [0, 0.1) is 0 Å². The van der Waals surface area contributed by atoms with Gasteiger partial charge in [-0.25, -0.2) is 4.79 Å². The highest BCUT2D eigenvalue weighted by atomic mass is 16.5. The van der Waals surface area contributed by atoms with Crippen LogP contribution in [0.1, 0.15) is 43.9 Å². The topological polar surface area (TPSA) is 79.5 Å². The number of carbonyl (C=O) groups excluding carboxylic acids is 2. The zero-order valence-corrected chi connectivity index (χ0v) is 13.5. The first-order valence-electron chi connectivity index (χ1n) is 8.14. The van der Waals surface area contributed by atoms with Gasteiger partial charge in [0.2, 0.25) is 5.91 Å². The van der Waals surface area contributed by atoms with Gasteiger partial charge in [-0.05, 0) is 43.9 Å². The molecule has 3 rings (SSSR count). The summed E-state index contributed by atoms with van der Waals surface area (Å²) in [5.41, 5.74) is 2.83. The van der Waals surface area contributed by atoms with Gasteiger partial charge in [-0.2, -0.15) is 0 Å². The number of fused-ring (bicyclic) bond motifs is 1. The maximum Gasteiger partial charge on any atom is 0.315 e. The van der Waals surface area contributed by atoms with Crippen molar-refractivity contribution in [3.05, 3.63) is 29.3 Å². The average molecular weight is 317 g/mol. The van der Waals surface area contributed by atoms with Gasteiger partial charge in [0.1, 0.15) is 0 Å². The van der Waals surface area contributed by atoms with Crippen LogP contribution in [0.5, 0.6) is 0 Å². The molecule has 1 aromatic carbocycles. The predicted molar refractivity (Wildman–Crippen MR) is 87.3 cm³/mol. The Morgan fingerprint density at radius 1 is 1.35 bits per heavy atom. The van der Waals surface area contributed by atoms with Crippen LogP contribution < -0.4 is 16.0 Å². The van der Waals surface area contributed by atoms with E-state index in [0.29, 0.717) is 6.42 Å². The predicted octanol–water partition coefficient (Wildman–Crippen LogP) is 2.11. The van der Waals surface area contributed by atoms with Gasteiger partial charge in [0.15, 0.2) is 0 Å². The molecule has 0 spiro atoms. The van der Waals surface area contributed by atoms with Crippen LogP contribution in [0.3, 0.4) is 0 Å². The third-order valence-corrected chi connectivity index (χ3v) is 4.48. The molecular formula is C17H23N3O3. The smallest absolute Gasteiger partial charge is 0.315 e. The first-order chi connectivity index (χ1) is 11.0. The minimum absolute atomic E-state index is 0.00783. The molecule has 23 heavy (non-hydrogen) atoms. The normalized spacial score (nSPS) is 22.2. The second-order valence-electron chi connectivity index (χ2n) is 6.32. The van der Waals surface area contributed by atoms with Gasteiger partial charge in [0.25, 0.3) is 0 Å². The van der Waals surface area contributed by atoms with Crippen LogP contribution >= 0.6 is 0 Å². The highest BCUT2D eigenvalue weighted by Gasteiger charge is 2.24. The Morgan fingerprint density at radius 2 is 2.17 bits per heavy atom. The van der Waals surface area contributed by atoms with Crippen molar-refractivity contribution in [3.63, 3.8) is 0 Å². The van der Waals surface area contributed by atoms with Gasteiger partial charge in [0.05, 0.1) is 24.6 Å². The zero-order valence-electron chi connectivity index (χ0n) is 13.5. The van der Waals surface area contributed by atoms with Crippen molar-refractivity contribution in [1.29, 1.82) is 0 Å². The maximum absolute atomic E-state index is 12.1. The number of urea groups is 1. The third-order valence-electron chi connectivity index (χ3n) is 4.48. The van der Waals surface area contributed by atoms with E-state index in [9.17, 15) is 9.59 Å². The quantitative estimate of drug-likeness (QED) is 0.796. The standard InChI is InChI=1S/C17H23N3O3/c1-10(12-5-6-14-13(8-12)9-16(21)20-14)18-17(22)19-11(2)15-4-3-7-23-15/h5-6,8,10-11,15H,3-4,7,9H2,1-2H3,(H,20,21)(H2,18,19,22). The molecular weight excluding hydrogens is 294 g/mol. The van der Waals surface area contributed by atoms with E-state index in [2.05, 4.69) is 16.0 Å². The summed E-state index contributed by atoms with van der Waals surface area (Å²) in [5, 5.41) is 8.69. The minimum Gasteiger partial charge on any atom is -0.376 e. The van der Waals surface area contributed by atoms with Gasteiger partial charge in [-0.15, -0.1) is 0 Å². The Labute approximate surface area is 136 Å². The van der Waals surface area contributed by atoms with Crippen LogP contribution in [0.2, 0.25) is 0 Å². The molecule has 0 bridgehead atoms. The largest absolute Gasteiger partial charge is 0.376 e. The van der Waals surface area contributed by atoms with Crippen molar-refractivity contribution in [3.8, 4) is 0 Å². The maximum atomic E-state index is 12.1. The number of rotatable bonds is 4. The zero-order chi connectivity index (χ0) is 16.4. The summed E-state index contributed by atoms with van der Waals surface area (Å²) >= 11 is 0. The van der Waals surface area contributed by atoms with Crippen LogP contribution in [-0.2, 0) is 16.0 Å². The first-order valence-corrected chi connectivity index (χ1v) is 8.14. The molecule has 0 radical (unpaired) electrons. The molecule has 3 unspecified atom stereocenters. The lowest BCUT2D eigenvalue weighted by atomic mass is 10.0. The number of nitrogens with one attached hydrogen (secondary N) is 3. The molecule has 6 heteroatoms. The fourth-order valence-electron chi connectivity index (χ4n) is 3.14. The van der Waals surface area contributed by atoms with E-state index >= 15 is 0 Å². The van der Waals surface area contributed by atoms with Crippen molar-refractivity contribution < 1.29 is 14.3 Å². The van der Waals surface area contributed by atoms with Crippen LogP contribution in [0.4, 0.5) is 10.5 Å². The summed E-state index contributed by atoms with van der Waals surface area (Å²) in [6.07, 6.45) is 2.55. The summed E-state index contributed by atoms with van der Waals surface area (Å²) in [4.78, 5) is 23.5. The van der Waals surface area contributed by atoms with E-state index in [4.69, 9.17) is 4.74 Å². The van der Waals surface area contributed by atoms with E-state index in [1.807, 2.05) is 32.0 Å². The van der Waals surface area contributed by atoms with E-state index < -0.39 is 0 Å². The van der Waals surface area contributed by atoms with Gasteiger partial charge in [-0.1, -0.05) is 12.1 Å². The lowest BCUT2D eigenvalue weighted by Gasteiger charge is -2.22. The molecule has 124 valence electrons. The fourth-order valence-corrected chi connectivity index (χ4v) is 3.14. The molecule has 6 nitrogen and oxygen atoms in total. The van der Waals surface area contributed by atoms with E-state index in [1.165, 1.54) is 0 Å². The first kappa shape index (κ1) is 15.8. The molecule has 1 fully saturated rings. The summed E-state index contributed by atoms with van der Waals surface area (Å²) in [6, 6.07) is 5.45. The Morgan fingerprint density at radius 3 is 2.91 bits per heavy atom. The van der Waals surface area contributed by atoms with Gasteiger partial charge >= 0.3 is 6.03 Å². The number of ether oxygens (including phenoxy) is 1. The Bertz CT molecular complexity index is 611. The molecule has 3 atom stereocenters. The molecule has 1 saturated heterocycles. The van der Waals surface area contributed by atoms with E-state index in [0.717, 1.165) is 36.3 Å². The molecule has 0 aromatic heterocycles. The monoisotopic (exact) mass is 317 g/mol. The average Bonchev–Trinajstić information content (AvgIpc) is 3.14. The minimum atomic E-state index is -0.199. The molecule has 1 aromatic rings. The Kier molecular flexibility index (Phi) is 4.52. The molecule has 2 aliphatic heterocycles. The SMILES string of the molecule is CC(NC(=O)NC(C)C1CCCO1)c1ccc2c(c1)CC(=O)N2. The molecule has 0 aliphatic carbocycles. The number of hydrogen-bond donors (Lipinski definition) is 3. The van der Waals surface area contributed by atoms with Crippen molar-refractivity contribution in [2.24, 2.45) is 0 Å². The molecule has 3 amide bonds. The number of benzene rings is 1. The van der Waals surface area contributed by atoms with Crippen LogP contribution in [0.15, 0.2) is 18.2 Å². The Balaban J connectivity index is 1.56. The second-order valence-corrected chi connectivity index (χ2v) is 6.32. The highest BCUT2D eigenvalue weighted by Crippen LogP contribution is 2.26. The van der Waals surface area contributed by atoms with Crippen LogP contribution in [-0.4, -0.2) is 30.7 Å². The number of anilines is 1. The fraction of sp³-hybridized carbons (Fsp3) is 0.529. The van der Waals surface area contributed by atoms with Crippen molar-refractivity contribution >= 4 is 17.6 Å². The molecule has 2 aliphatic rings. The summed E-state index contributed by atoms with van der Waals surface area (Å²) in [7, 11) is 0. The van der Waals surface area contributed by atoms with Gasteiger partial charge in [-0.3, -0.25) is 4.79 Å². The summed E-state index contributed by atoms with van der Waals surface area (Å²) < 4.78 is 5.58. The van der Waals surface area contributed by atoms with Gasteiger partial charge < -0.3 is 20.7 Å². The second kappa shape index (κ2) is 6.58. The lowest BCUT2D eigenvalue weighted by molar-refractivity contribution is -0.115. The third kappa shape index (κ3) is 3.64. The van der Waals surface area contributed by atoms with Crippen molar-refractivity contribution in [2.45, 2.75) is 51.3 Å². The van der Waals surface area contributed by atoms with E-state index in [-0.39, 0.29) is 30.1 Å². The summed E-state index contributed by atoms with van der Waals surface area (Å²) in [5.74, 6) is 0.0147.